The van der Waals surface area contributed by atoms with Crippen LogP contribution in [0.3, 0.4) is 0 Å². The minimum atomic E-state index is -1.93. The summed E-state index contributed by atoms with van der Waals surface area (Å²) in [6, 6.07) is 0. The molecule has 0 radical (unpaired) electrons. The van der Waals surface area contributed by atoms with Gasteiger partial charge in [-0.2, -0.15) is 0 Å². The molecule has 1 saturated carbocycles. The van der Waals surface area contributed by atoms with E-state index in [-0.39, 0.29) is 12.8 Å². The summed E-state index contributed by atoms with van der Waals surface area (Å²) >= 11 is 0. The van der Waals surface area contributed by atoms with E-state index < -0.39 is 29.2 Å². The third-order valence-corrected chi connectivity index (χ3v) is 3.03. The van der Waals surface area contributed by atoms with Gasteiger partial charge in [0.2, 0.25) is 5.91 Å². The maximum absolute atomic E-state index is 11.2. The first kappa shape index (κ1) is 11.5. The SMILES string of the molecule is NC(=O)[C@@]1(C(=O)O)CCCC[C@H]1C(=O)O. The monoisotopic (exact) mass is 215 g/mol. The highest BCUT2D eigenvalue weighted by Crippen LogP contribution is 2.41. The fourth-order valence-corrected chi connectivity index (χ4v) is 2.16. The van der Waals surface area contributed by atoms with E-state index in [0.29, 0.717) is 12.8 Å². The standard InChI is InChI=1S/C9H13NO5/c10-7(13)9(8(14)15)4-2-1-3-5(9)6(11)12/h5H,1-4H2,(H2,10,13)(H,11,12)(H,14,15)/t5-,9+/m0/s1. The van der Waals surface area contributed by atoms with Crippen molar-refractivity contribution in [3.63, 3.8) is 0 Å². The average Bonchev–Trinajstić information content (AvgIpc) is 2.16. The van der Waals surface area contributed by atoms with Crippen LogP contribution in [0.25, 0.3) is 0 Å². The molecule has 0 bridgehead atoms. The van der Waals surface area contributed by atoms with Gasteiger partial charge >= 0.3 is 11.9 Å². The van der Waals surface area contributed by atoms with Gasteiger partial charge in [-0.3, -0.25) is 14.4 Å². The van der Waals surface area contributed by atoms with Gasteiger partial charge in [-0.25, -0.2) is 0 Å². The Morgan fingerprint density at radius 2 is 1.80 bits per heavy atom. The summed E-state index contributed by atoms with van der Waals surface area (Å²) in [5, 5.41) is 17.9. The minimum Gasteiger partial charge on any atom is -0.481 e. The van der Waals surface area contributed by atoms with Gasteiger partial charge in [-0.1, -0.05) is 12.8 Å². The molecule has 15 heavy (non-hydrogen) atoms. The van der Waals surface area contributed by atoms with E-state index in [1.165, 1.54) is 0 Å². The van der Waals surface area contributed by atoms with Crippen molar-refractivity contribution in [1.82, 2.24) is 0 Å². The van der Waals surface area contributed by atoms with Crippen molar-refractivity contribution in [2.45, 2.75) is 25.7 Å². The first-order valence-electron chi connectivity index (χ1n) is 4.69. The van der Waals surface area contributed by atoms with Gasteiger partial charge < -0.3 is 15.9 Å². The zero-order valence-corrected chi connectivity index (χ0v) is 8.10. The van der Waals surface area contributed by atoms with E-state index >= 15 is 0 Å². The van der Waals surface area contributed by atoms with Crippen LogP contribution in [0.5, 0.6) is 0 Å². The lowest BCUT2D eigenvalue weighted by molar-refractivity contribution is -0.170. The van der Waals surface area contributed by atoms with Crippen LogP contribution in [0, 0.1) is 11.3 Å². The second-order valence-electron chi connectivity index (χ2n) is 3.78. The van der Waals surface area contributed by atoms with Crippen LogP contribution < -0.4 is 5.73 Å². The second-order valence-corrected chi connectivity index (χ2v) is 3.78. The van der Waals surface area contributed by atoms with Crippen LogP contribution in [-0.4, -0.2) is 28.1 Å². The number of aliphatic carboxylic acids is 2. The van der Waals surface area contributed by atoms with Crippen LogP contribution in [-0.2, 0) is 14.4 Å². The van der Waals surface area contributed by atoms with E-state index in [1.54, 1.807) is 0 Å². The Bertz CT molecular complexity index is 298. The van der Waals surface area contributed by atoms with Gasteiger partial charge in [0.15, 0.2) is 5.41 Å². The molecule has 84 valence electrons. The van der Waals surface area contributed by atoms with E-state index in [4.69, 9.17) is 15.9 Å². The summed E-state index contributed by atoms with van der Waals surface area (Å²) in [5.41, 5.74) is 3.12. The maximum Gasteiger partial charge on any atom is 0.320 e. The Hall–Kier alpha value is -1.59. The molecule has 6 heteroatoms. The fraction of sp³-hybridized carbons (Fsp3) is 0.667. The largest absolute Gasteiger partial charge is 0.481 e. The van der Waals surface area contributed by atoms with E-state index in [0.717, 1.165) is 0 Å². The lowest BCUT2D eigenvalue weighted by Crippen LogP contribution is -2.53. The van der Waals surface area contributed by atoms with Crippen molar-refractivity contribution in [2.24, 2.45) is 17.1 Å². The summed E-state index contributed by atoms with van der Waals surface area (Å²) in [4.78, 5) is 33.2. The Labute approximate surface area is 86.1 Å². The summed E-state index contributed by atoms with van der Waals surface area (Å²) in [7, 11) is 0. The Balaban J connectivity index is 3.16. The Morgan fingerprint density at radius 3 is 2.13 bits per heavy atom. The van der Waals surface area contributed by atoms with Crippen molar-refractivity contribution in [2.75, 3.05) is 0 Å². The number of rotatable bonds is 3. The lowest BCUT2D eigenvalue weighted by atomic mass is 9.65. The van der Waals surface area contributed by atoms with Crippen LogP contribution in [0.1, 0.15) is 25.7 Å². The normalized spacial score (nSPS) is 30.8. The number of carboxylic acids is 2. The van der Waals surface area contributed by atoms with Gasteiger partial charge in [-0.15, -0.1) is 0 Å². The quantitative estimate of drug-likeness (QED) is 0.564. The molecule has 0 spiro atoms. The molecular weight excluding hydrogens is 202 g/mol. The number of hydrogen-bond donors (Lipinski definition) is 3. The van der Waals surface area contributed by atoms with Crippen molar-refractivity contribution < 1.29 is 24.6 Å². The zero-order valence-electron chi connectivity index (χ0n) is 8.10. The molecular formula is C9H13NO5. The maximum atomic E-state index is 11.2. The van der Waals surface area contributed by atoms with Crippen LogP contribution >= 0.6 is 0 Å². The van der Waals surface area contributed by atoms with Gasteiger partial charge in [-0.05, 0) is 12.8 Å². The molecule has 1 aliphatic rings. The highest BCUT2D eigenvalue weighted by Gasteiger charge is 2.55. The van der Waals surface area contributed by atoms with E-state index in [1.807, 2.05) is 0 Å². The second kappa shape index (κ2) is 3.88. The van der Waals surface area contributed by atoms with Gasteiger partial charge in [0.1, 0.15) is 0 Å². The van der Waals surface area contributed by atoms with E-state index in [2.05, 4.69) is 0 Å². The molecule has 4 N–H and O–H groups in total. The summed E-state index contributed by atoms with van der Waals surface area (Å²) in [6.45, 7) is 0. The Morgan fingerprint density at radius 1 is 1.20 bits per heavy atom. The third kappa shape index (κ3) is 1.67. The molecule has 0 unspecified atom stereocenters. The predicted molar refractivity (Wildman–Crippen MR) is 48.9 cm³/mol. The predicted octanol–water partition coefficient (Wildman–Crippen LogP) is -0.183. The third-order valence-electron chi connectivity index (χ3n) is 3.03. The summed E-state index contributed by atoms with van der Waals surface area (Å²) in [6.07, 6.45) is 1.32. The van der Waals surface area contributed by atoms with Crippen LogP contribution in [0.2, 0.25) is 0 Å². The number of carbonyl (C=O) groups is 3. The molecule has 1 aliphatic carbocycles. The van der Waals surface area contributed by atoms with Crippen molar-refractivity contribution in [1.29, 1.82) is 0 Å². The van der Waals surface area contributed by atoms with Crippen molar-refractivity contribution >= 4 is 17.8 Å². The summed E-state index contributed by atoms with van der Waals surface area (Å²) in [5.74, 6) is -4.96. The molecule has 1 amide bonds. The van der Waals surface area contributed by atoms with Gasteiger partial charge in [0.05, 0.1) is 5.92 Å². The molecule has 1 rings (SSSR count). The molecule has 0 heterocycles. The number of primary amides is 1. The first-order chi connectivity index (χ1) is 6.93. The summed E-state index contributed by atoms with van der Waals surface area (Å²) < 4.78 is 0. The minimum absolute atomic E-state index is 0.00856. The molecule has 0 aromatic heterocycles. The lowest BCUT2D eigenvalue weighted by Gasteiger charge is -2.35. The number of carboxylic acid groups (broad SMARTS) is 2. The average molecular weight is 215 g/mol. The Kier molecular flexibility index (Phi) is 2.97. The molecule has 0 saturated heterocycles. The molecule has 1 fully saturated rings. The number of hydrogen-bond acceptors (Lipinski definition) is 3. The van der Waals surface area contributed by atoms with Crippen LogP contribution in [0.15, 0.2) is 0 Å². The van der Waals surface area contributed by atoms with Crippen LogP contribution in [0.4, 0.5) is 0 Å². The zero-order chi connectivity index (χ0) is 11.6. The van der Waals surface area contributed by atoms with E-state index in [9.17, 15) is 14.4 Å². The molecule has 0 aliphatic heterocycles. The number of nitrogens with two attached hydrogens (primary N) is 1. The highest BCUT2D eigenvalue weighted by atomic mass is 16.4. The number of carbonyl (C=O) groups excluding carboxylic acids is 1. The molecule has 6 nitrogen and oxygen atoms in total. The highest BCUT2D eigenvalue weighted by molar-refractivity contribution is 6.04. The fourth-order valence-electron chi connectivity index (χ4n) is 2.16. The molecule has 0 aromatic rings. The molecule has 2 atom stereocenters. The first-order valence-corrected chi connectivity index (χ1v) is 4.69. The topological polar surface area (TPSA) is 118 Å². The molecule has 0 aromatic carbocycles. The smallest absolute Gasteiger partial charge is 0.320 e. The van der Waals surface area contributed by atoms with Crippen molar-refractivity contribution in [3.8, 4) is 0 Å². The van der Waals surface area contributed by atoms with Gasteiger partial charge in [0.25, 0.3) is 0 Å². The van der Waals surface area contributed by atoms with Crippen molar-refractivity contribution in [3.05, 3.63) is 0 Å². The van der Waals surface area contributed by atoms with Gasteiger partial charge in [0, 0.05) is 0 Å². The number of amides is 1.